The van der Waals surface area contributed by atoms with Crippen LogP contribution in [0.25, 0.3) is 0 Å². The van der Waals surface area contributed by atoms with Gasteiger partial charge < -0.3 is 16.2 Å². The maximum atomic E-state index is 5.57. The van der Waals surface area contributed by atoms with Crippen molar-refractivity contribution in [2.24, 2.45) is 11.5 Å². The van der Waals surface area contributed by atoms with E-state index >= 15 is 0 Å². The van der Waals surface area contributed by atoms with E-state index in [-0.39, 0.29) is 0 Å². The molecule has 0 unspecified atom stereocenters. The SMILES string of the molecule is CCc1cc(C(N)N)ccc1OC. The predicted molar refractivity (Wildman–Crippen MR) is 53.5 cm³/mol. The van der Waals surface area contributed by atoms with E-state index in [0.717, 1.165) is 23.3 Å². The summed E-state index contributed by atoms with van der Waals surface area (Å²) in [7, 11) is 1.66. The standard InChI is InChI=1S/C10H16N2O/c1-3-7-6-8(10(11)12)4-5-9(7)13-2/h4-6,10H,3,11-12H2,1-2H3. The van der Waals surface area contributed by atoms with Gasteiger partial charge in [-0.25, -0.2) is 0 Å². The summed E-state index contributed by atoms with van der Waals surface area (Å²) in [4.78, 5) is 0. The fraction of sp³-hybridized carbons (Fsp3) is 0.400. The molecule has 0 aromatic heterocycles. The van der Waals surface area contributed by atoms with E-state index in [1.807, 2.05) is 18.2 Å². The van der Waals surface area contributed by atoms with Crippen molar-refractivity contribution in [1.29, 1.82) is 0 Å². The van der Waals surface area contributed by atoms with E-state index in [1.165, 1.54) is 0 Å². The monoisotopic (exact) mass is 180 g/mol. The summed E-state index contributed by atoms with van der Waals surface area (Å²) in [6, 6.07) is 5.78. The minimum atomic E-state index is -0.406. The highest BCUT2D eigenvalue weighted by molar-refractivity contribution is 5.38. The molecule has 0 radical (unpaired) electrons. The first kappa shape index (κ1) is 10.0. The van der Waals surface area contributed by atoms with Crippen LogP contribution in [0.15, 0.2) is 18.2 Å². The first-order valence-corrected chi connectivity index (χ1v) is 4.37. The molecular weight excluding hydrogens is 164 g/mol. The van der Waals surface area contributed by atoms with E-state index in [0.29, 0.717) is 0 Å². The molecule has 0 aliphatic rings. The molecule has 72 valence electrons. The highest BCUT2D eigenvalue weighted by Crippen LogP contribution is 2.21. The number of hydrogen-bond donors (Lipinski definition) is 2. The van der Waals surface area contributed by atoms with Gasteiger partial charge in [-0.15, -0.1) is 0 Å². The molecule has 0 atom stereocenters. The van der Waals surface area contributed by atoms with E-state index in [4.69, 9.17) is 16.2 Å². The van der Waals surface area contributed by atoms with Gasteiger partial charge in [-0.3, -0.25) is 0 Å². The van der Waals surface area contributed by atoms with Gasteiger partial charge in [-0.05, 0) is 29.7 Å². The van der Waals surface area contributed by atoms with Crippen molar-refractivity contribution in [1.82, 2.24) is 0 Å². The van der Waals surface area contributed by atoms with Crippen molar-refractivity contribution in [2.45, 2.75) is 19.5 Å². The van der Waals surface area contributed by atoms with Gasteiger partial charge in [0.15, 0.2) is 0 Å². The third-order valence-corrected chi connectivity index (χ3v) is 2.07. The summed E-state index contributed by atoms with van der Waals surface area (Å²) < 4.78 is 5.19. The Bertz CT molecular complexity index is 284. The van der Waals surface area contributed by atoms with E-state index in [2.05, 4.69) is 6.92 Å². The molecule has 0 aliphatic heterocycles. The summed E-state index contributed by atoms with van der Waals surface area (Å²) in [6.07, 6.45) is 0.514. The van der Waals surface area contributed by atoms with Crippen molar-refractivity contribution in [2.75, 3.05) is 7.11 Å². The summed E-state index contributed by atoms with van der Waals surface area (Å²) in [6.45, 7) is 2.07. The molecule has 0 saturated heterocycles. The molecule has 0 spiro atoms. The maximum Gasteiger partial charge on any atom is 0.122 e. The average Bonchev–Trinajstić information content (AvgIpc) is 2.16. The Labute approximate surface area is 78.7 Å². The van der Waals surface area contributed by atoms with Gasteiger partial charge in [0, 0.05) is 0 Å². The highest BCUT2D eigenvalue weighted by Gasteiger charge is 2.04. The lowest BCUT2D eigenvalue weighted by Gasteiger charge is -2.11. The lowest BCUT2D eigenvalue weighted by molar-refractivity contribution is 0.410. The second-order valence-electron chi connectivity index (χ2n) is 2.95. The first-order chi connectivity index (χ1) is 6.19. The number of ether oxygens (including phenoxy) is 1. The Morgan fingerprint density at radius 2 is 2.08 bits per heavy atom. The van der Waals surface area contributed by atoms with Gasteiger partial charge in [-0.2, -0.15) is 0 Å². The second-order valence-corrected chi connectivity index (χ2v) is 2.95. The van der Waals surface area contributed by atoms with Gasteiger partial charge in [0.05, 0.1) is 13.3 Å². The summed E-state index contributed by atoms with van der Waals surface area (Å²) in [5.41, 5.74) is 13.2. The summed E-state index contributed by atoms with van der Waals surface area (Å²) in [5.74, 6) is 0.895. The smallest absolute Gasteiger partial charge is 0.122 e. The molecule has 0 saturated carbocycles. The minimum absolute atomic E-state index is 0.406. The second kappa shape index (κ2) is 4.25. The van der Waals surface area contributed by atoms with Gasteiger partial charge in [0.25, 0.3) is 0 Å². The topological polar surface area (TPSA) is 61.3 Å². The van der Waals surface area contributed by atoms with Crippen LogP contribution in [0.2, 0.25) is 0 Å². The molecule has 1 aromatic carbocycles. The molecule has 0 amide bonds. The molecule has 0 aliphatic carbocycles. The molecular formula is C10H16N2O. The molecule has 0 fully saturated rings. The fourth-order valence-electron chi connectivity index (χ4n) is 1.28. The lowest BCUT2D eigenvalue weighted by atomic mass is 10.1. The van der Waals surface area contributed by atoms with Gasteiger partial charge in [0.1, 0.15) is 5.75 Å². The fourth-order valence-corrected chi connectivity index (χ4v) is 1.28. The zero-order valence-corrected chi connectivity index (χ0v) is 8.08. The van der Waals surface area contributed by atoms with Crippen molar-refractivity contribution in [3.63, 3.8) is 0 Å². The lowest BCUT2D eigenvalue weighted by Crippen LogP contribution is -2.20. The third-order valence-electron chi connectivity index (χ3n) is 2.07. The van der Waals surface area contributed by atoms with Crippen LogP contribution in [0.3, 0.4) is 0 Å². The number of nitrogens with two attached hydrogens (primary N) is 2. The Morgan fingerprint density at radius 1 is 1.38 bits per heavy atom. The molecule has 0 bridgehead atoms. The molecule has 1 aromatic rings. The molecule has 3 heteroatoms. The zero-order valence-electron chi connectivity index (χ0n) is 8.08. The Hall–Kier alpha value is -1.06. The van der Waals surface area contributed by atoms with Crippen molar-refractivity contribution >= 4 is 0 Å². The van der Waals surface area contributed by atoms with Crippen molar-refractivity contribution in [3.05, 3.63) is 29.3 Å². The van der Waals surface area contributed by atoms with E-state index in [9.17, 15) is 0 Å². The summed E-state index contributed by atoms with van der Waals surface area (Å²) in [5, 5.41) is 0. The third kappa shape index (κ3) is 2.20. The maximum absolute atomic E-state index is 5.57. The predicted octanol–water partition coefficient (Wildman–Crippen LogP) is 1.17. The van der Waals surface area contributed by atoms with Crippen LogP contribution in [-0.4, -0.2) is 7.11 Å². The number of benzene rings is 1. The van der Waals surface area contributed by atoms with Crippen LogP contribution in [0.5, 0.6) is 5.75 Å². The number of methoxy groups -OCH3 is 1. The summed E-state index contributed by atoms with van der Waals surface area (Å²) >= 11 is 0. The van der Waals surface area contributed by atoms with Crippen molar-refractivity contribution in [3.8, 4) is 5.75 Å². The van der Waals surface area contributed by atoms with Gasteiger partial charge in [0.2, 0.25) is 0 Å². The van der Waals surface area contributed by atoms with Gasteiger partial charge in [-0.1, -0.05) is 13.0 Å². The quantitative estimate of drug-likeness (QED) is 0.686. The average molecular weight is 180 g/mol. The van der Waals surface area contributed by atoms with Gasteiger partial charge >= 0.3 is 0 Å². The van der Waals surface area contributed by atoms with Crippen LogP contribution in [-0.2, 0) is 6.42 Å². The molecule has 13 heavy (non-hydrogen) atoms. The Morgan fingerprint density at radius 3 is 2.54 bits per heavy atom. The Balaban J connectivity index is 3.05. The van der Waals surface area contributed by atoms with Crippen LogP contribution in [0, 0.1) is 0 Å². The van der Waals surface area contributed by atoms with Crippen LogP contribution < -0.4 is 16.2 Å². The molecule has 3 nitrogen and oxygen atoms in total. The van der Waals surface area contributed by atoms with Crippen LogP contribution in [0.4, 0.5) is 0 Å². The largest absolute Gasteiger partial charge is 0.496 e. The molecule has 1 rings (SSSR count). The minimum Gasteiger partial charge on any atom is -0.496 e. The normalized spacial score (nSPS) is 10.5. The Kier molecular flexibility index (Phi) is 3.28. The number of rotatable bonds is 3. The van der Waals surface area contributed by atoms with E-state index in [1.54, 1.807) is 7.11 Å². The number of hydrogen-bond acceptors (Lipinski definition) is 3. The zero-order chi connectivity index (χ0) is 9.84. The van der Waals surface area contributed by atoms with Crippen molar-refractivity contribution < 1.29 is 4.74 Å². The molecule has 4 N–H and O–H groups in total. The van der Waals surface area contributed by atoms with Crippen LogP contribution >= 0.6 is 0 Å². The highest BCUT2D eigenvalue weighted by atomic mass is 16.5. The number of aryl methyl sites for hydroxylation is 1. The van der Waals surface area contributed by atoms with E-state index < -0.39 is 6.17 Å². The molecule has 0 heterocycles. The van der Waals surface area contributed by atoms with Crippen LogP contribution in [0.1, 0.15) is 24.2 Å². The first-order valence-electron chi connectivity index (χ1n) is 4.37.